The molecule has 130 valence electrons. The molecule has 1 aliphatic heterocycles. The third-order valence-electron chi connectivity index (χ3n) is 3.55. The smallest absolute Gasteiger partial charge is 0.273 e. The number of hydrogen-bond acceptors (Lipinski definition) is 5. The zero-order chi connectivity index (χ0) is 17.9. The molecule has 0 aromatic heterocycles. The van der Waals surface area contributed by atoms with Crippen LogP contribution in [0.5, 0.6) is 11.5 Å². The number of carbonyl (C=O) groups is 2. The molecule has 7 heteroatoms. The highest BCUT2D eigenvalue weighted by Gasteiger charge is 2.38. The number of methoxy groups -OCH3 is 2. The molecular weight excluding hydrogens is 334 g/mol. The first-order valence-electron chi connectivity index (χ1n) is 7.50. The van der Waals surface area contributed by atoms with Gasteiger partial charge < -0.3 is 14.2 Å². The van der Waals surface area contributed by atoms with E-state index in [1.165, 1.54) is 14.2 Å². The zero-order valence-electron chi connectivity index (χ0n) is 14.1. The average Bonchev–Trinajstić information content (AvgIpc) is 2.77. The summed E-state index contributed by atoms with van der Waals surface area (Å²) in [6, 6.07) is 4.95. The molecule has 0 bridgehead atoms. The van der Waals surface area contributed by atoms with Crippen LogP contribution in [0.15, 0.2) is 23.2 Å². The minimum Gasteiger partial charge on any atom is -0.493 e. The van der Waals surface area contributed by atoms with E-state index in [-0.39, 0.29) is 29.9 Å². The van der Waals surface area contributed by atoms with Crippen molar-refractivity contribution in [3.05, 3.63) is 28.8 Å². The fourth-order valence-corrected chi connectivity index (χ4v) is 2.66. The normalized spacial score (nSPS) is 14.8. The van der Waals surface area contributed by atoms with Gasteiger partial charge in [0.1, 0.15) is 5.03 Å². The van der Waals surface area contributed by atoms with Gasteiger partial charge in [-0.25, -0.2) is 0 Å². The summed E-state index contributed by atoms with van der Waals surface area (Å²) in [5, 5.41) is -0.100. The van der Waals surface area contributed by atoms with E-state index in [4.69, 9.17) is 25.8 Å². The number of halogens is 1. The summed E-state index contributed by atoms with van der Waals surface area (Å²) in [5.74, 6) is 0.0223. The van der Waals surface area contributed by atoms with Gasteiger partial charge in [-0.3, -0.25) is 14.5 Å². The van der Waals surface area contributed by atoms with Crippen LogP contribution in [0.3, 0.4) is 0 Å². The standard InChI is InChI=1S/C17H20ClNO5/c1-10(2)24-8-7-19-16(20)14(15(18)17(19)21)11-5-6-12(22-3)13(9-11)23-4/h5-6,9-10H,7-8H2,1-4H3. The molecule has 0 radical (unpaired) electrons. The molecule has 24 heavy (non-hydrogen) atoms. The first-order valence-corrected chi connectivity index (χ1v) is 7.88. The van der Waals surface area contributed by atoms with E-state index in [1.807, 2.05) is 13.8 Å². The molecule has 0 fully saturated rings. The molecule has 1 heterocycles. The molecule has 0 saturated heterocycles. The van der Waals surface area contributed by atoms with Crippen molar-refractivity contribution in [1.82, 2.24) is 4.90 Å². The topological polar surface area (TPSA) is 65.1 Å². The van der Waals surface area contributed by atoms with E-state index in [2.05, 4.69) is 0 Å². The first kappa shape index (κ1) is 18.3. The van der Waals surface area contributed by atoms with Gasteiger partial charge in [-0.05, 0) is 31.5 Å². The lowest BCUT2D eigenvalue weighted by molar-refractivity contribution is -0.137. The summed E-state index contributed by atoms with van der Waals surface area (Å²) < 4.78 is 15.8. The van der Waals surface area contributed by atoms with Crippen molar-refractivity contribution < 1.29 is 23.8 Å². The SMILES string of the molecule is COc1ccc(C2=C(Cl)C(=O)N(CCOC(C)C)C2=O)cc1OC. The molecule has 0 unspecified atom stereocenters. The largest absolute Gasteiger partial charge is 0.493 e. The maximum Gasteiger partial charge on any atom is 0.273 e. The highest BCUT2D eigenvalue weighted by atomic mass is 35.5. The van der Waals surface area contributed by atoms with Crippen LogP contribution in [0.25, 0.3) is 5.57 Å². The Morgan fingerprint density at radius 2 is 1.75 bits per heavy atom. The number of rotatable bonds is 7. The van der Waals surface area contributed by atoms with Crippen LogP contribution in [-0.2, 0) is 14.3 Å². The van der Waals surface area contributed by atoms with Crippen LogP contribution in [0.4, 0.5) is 0 Å². The molecule has 0 N–H and O–H groups in total. The highest BCUT2D eigenvalue weighted by Crippen LogP contribution is 2.36. The first-order chi connectivity index (χ1) is 11.4. The van der Waals surface area contributed by atoms with E-state index in [1.54, 1.807) is 18.2 Å². The highest BCUT2D eigenvalue weighted by molar-refractivity contribution is 6.55. The van der Waals surface area contributed by atoms with Gasteiger partial charge in [0.2, 0.25) is 0 Å². The number of imide groups is 1. The third kappa shape index (κ3) is 3.55. The predicted octanol–water partition coefficient (Wildman–Crippen LogP) is 2.45. The molecule has 0 aliphatic carbocycles. The summed E-state index contributed by atoms with van der Waals surface area (Å²) in [6.45, 7) is 4.18. The second kappa shape index (κ2) is 7.68. The maximum absolute atomic E-state index is 12.6. The summed E-state index contributed by atoms with van der Waals surface area (Å²) in [5.41, 5.74) is 0.662. The second-order valence-electron chi connectivity index (χ2n) is 5.44. The number of carbonyl (C=O) groups excluding carboxylic acids is 2. The van der Waals surface area contributed by atoms with Crippen LogP contribution in [0.2, 0.25) is 0 Å². The molecular formula is C17H20ClNO5. The Kier molecular flexibility index (Phi) is 5.85. The monoisotopic (exact) mass is 353 g/mol. The van der Waals surface area contributed by atoms with Crippen molar-refractivity contribution in [2.45, 2.75) is 20.0 Å². The van der Waals surface area contributed by atoms with Gasteiger partial charge in [0.15, 0.2) is 11.5 Å². The van der Waals surface area contributed by atoms with E-state index < -0.39 is 11.8 Å². The number of benzene rings is 1. The Morgan fingerprint density at radius 1 is 1.08 bits per heavy atom. The van der Waals surface area contributed by atoms with Crippen LogP contribution >= 0.6 is 11.6 Å². The van der Waals surface area contributed by atoms with E-state index in [9.17, 15) is 9.59 Å². The predicted molar refractivity (Wildman–Crippen MR) is 90.1 cm³/mol. The molecule has 0 spiro atoms. The van der Waals surface area contributed by atoms with Crippen LogP contribution in [-0.4, -0.2) is 50.2 Å². The number of amides is 2. The van der Waals surface area contributed by atoms with E-state index in [0.717, 1.165) is 4.90 Å². The number of ether oxygens (including phenoxy) is 3. The Balaban J connectivity index is 2.27. The van der Waals surface area contributed by atoms with Crippen LogP contribution < -0.4 is 9.47 Å². The Hall–Kier alpha value is -2.05. The fourth-order valence-electron chi connectivity index (χ4n) is 2.37. The van der Waals surface area contributed by atoms with Gasteiger partial charge in [0, 0.05) is 0 Å². The Morgan fingerprint density at radius 3 is 2.33 bits per heavy atom. The average molecular weight is 354 g/mol. The molecule has 2 rings (SSSR count). The van der Waals surface area contributed by atoms with Crippen LogP contribution in [0, 0.1) is 0 Å². The lowest BCUT2D eigenvalue weighted by atomic mass is 10.1. The molecule has 6 nitrogen and oxygen atoms in total. The molecule has 1 aromatic carbocycles. The van der Waals surface area contributed by atoms with Crippen molar-refractivity contribution in [2.75, 3.05) is 27.4 Å². The van der Waals surface area contributed by atoms with Gasteiger partial charge in [-0.15, -0.1) is 0 Å². The fraction of sp³-hybridized carbons (Fsp3) is 0.412. The summed E-state index contributed by atoms with van der Waals surface area (Å²) in [6.07, 6.45) is 0.0200. The van der Waals surface area contributed by atoms with Gasteiger partial charge in [-0.1, -0.05) is 17.7 Å². The number of hydrogen-bond donors (Lipinski definition) is 0. The minimum atomic E-state index is -0.515. The summed E-state index contributed by atoms with van der Waals surface area (Å²) >= 11 is 6.12. The number of nitrogens with zero attached hydrogens (tertiary/aromatic N) is 1. The maximum atomic E-state index is 12.6. The molecule has 1 aromatic rings. The van der Waals surface area contributed by atoms with Crippen molar-refractivity contribution >= 4 is 29.0 Å². The second-order valence-corrected chi connectivity index (χ2v) is 5.82. The van der Waals surface area contributed by atoms with Gasteiger partial charge in [0.25, 0.3) is 11.8 Å². The van der Waals surface area contributed by atoms with Crippen molar-refractivity contribution in [1.29, 1.82) is 0 Å². The van der Waals surface area contributed by atoms with Gasteiger partial charge >= 0.3 is 0 Å². The zero-order valence-corrected chi connectivity index (χ0v) is 14.8. The van der Waals surface area contributed by atoms with Crippen molar-refractivity contribution in [2.24, 2.45) is 0 Å². The molecule has 2 amide bonds. The molecule has 1 aliphatic rings. The van der Waals surface area contributed by atoms with Gasteiger partial charge in [0.05, 0.1) is 39.0 Å². The van der Waals surface area contributed by atoms with E-state index in [0.29, 0.717) is 17.1 Å². The van der Waals surface area contributed by atoms with Crippen LogP contribution in [0.1, 0.15) is 19.4 Å². The third-order valence-corrected chi connectivity index (χ3v) is 3.90. The minimum absolute atomic E-state index is 0.0200. The lowest BCUT2D eigenvalue weighted by Gasteiger charge is -2.16. The Labute approximate surface area is 145 Å². The quantitative estimate of drug-likeness (QED) is 0.704. The summed E-state index contributed by atoms with van der Waals surface area (Å²) in [7, 11) is 3.01. The van der Waals surface area contributed by atoms with Crippen molar-refractivity contribution in [3.8, 4) is 11.5 Å². The van der Waals surface area contributed by atoms with Crippen molar-refractivity contribution in [3.63, 3.8) is 0 Å². The van der Waals surface area contributed by atoms with Gasteiger partial charge in [-0.2, -0.15) is 0 Å². The molecule has 0 saturated carbocycles. The van der Waals surface area contributed by atoms with E-state index >= 15 is 0 Å². The lowest BCUT2D eigenvalue weighted by Crippen LogP contribution is -2.34. The summed E-state index contributed by atoms with van der Waals surface area (Å²) in [4.78, 5) is 25.9. The molecule has 0 atom stereocenters. The Bertz CT molecular complexity index is 684.